The summed E-state index contributed by atoms with van der Waals surface area (Å²) in [5, 5.41) is 7.00. The number of rotatable bonds is 5. The van der Waals surface area contributed by atoms with Gasteiger partial charge < -0.3 is 14.6 Å². The minimum Gasteiger partial charge on any atom is -0.450 e. The minimum absolute atomic E-state index is 0.336. The van der Waals surface area contributed by atoms with Gasteiger partial charge in [-0.1, -0.05) is 28.9 Å². The summed E-state index contributed by atoms with van der Waals surface area (Å²) in [4.78, 5) is 15.3. The molecule has 0 fully saturated rings. The molecule has 0 unspecified atom stereocenters. The maximum absolute atomic E-state index is 11.1. The molecule has 2 aromatic rings. The van der Waals surface area contributed by atoms with Gasteiger partial charge in [0, 0.05) is 18.5 Å². The normalized spacial score (nSPS) is 10.3. The van der Waals surface area contributed by atoms with Gasteiger partial charge >= 0.3 is 6.09 Å². The highest BCUT2D eigenvalue weighted by atomic mass is 35.5. The highest BCUT2D eigenvalue weighted by Gasteiger charge is 2.11. The fourth-order valence-electron chi connectivity index (χ4n) is 1.56. The number of benzene rings is 1. The molecule has 1 aromatic heterocycles. The average molecular weight is 296 g/mol. The number of halogens is 1. The van der Waals surface area contributed by atoms with Gasteiger partial charge in [0.15, 0.2) is 0 Å². The fourth-order valence-corrected chi connectivity index (χ4v) is 1.78. The number of carbonyl (C=O) groups is 1. The Balaban J connectivity index is 1.93. The van der Waals surface area contributed by atoms with E-state index in [4.69, 9.17) is 20.9 Å². The first-order chi connectivity index (χ1) is 9.70. The van der Waals surface area contributed by atoms with Gasteiger partial charge in [-0.3, -0.25) is 0 Å². The molecular weight excluding hydrogens is 282 g/mol. The Kier molecular flexibility index (Phi) is 4.95. The lowest BCUT2D eigenvalue weighted by atomic mass is 10.2. The molecule has 0 aliphatic rings. The van der Waals surface area contributed by atoms with Crippen molar-refractivity contribution in [1.82, 2.24) is 15.5 Å². The zero-order valence-corrected chi connectivity index (χ0v) is 11.7. The third-order valence-electron chi connectivity index (χ3n) is 2.47. The van der Waals surface area contributed by atoms with E-state index in [1.165, 1.54) is 0 Å². The largest absolute Gasteiger partial charge is 0.450 e. The monoisotopic (exact) mass is 295 g/mol. The van der Waals surface area contributed by atoms with Crippen LogP contribution in [-0.4, -0.2) is 29.4 Å². The van der Waals surface area contributed by atoms with Crippen LogP contribution in [0.15, 0.2) is 28.8 Å². The molecule has 0 saturated heterocycles. The quantitative estimate of drug-likeness (QED) is 0.917. The third-order valence-corrected chi connectivity index (χ3v) is 2.80. The second kappa shape index (κ2) is 6.91. The SMILES string of the molecule is CCOC(=O)NCCc1nc(-c2ccccc2Cl)no1. The number of nitrogens with one attached hydrogen (secondary N) is 1. The maximum atomic E-state index is 11.1. The first kappa shape index (κ1) is 14.3. The Labute approximate surface area is 121 Å². The van der Waals surface area contributed by atoms with Crippen LogP contribution >= 0.6 is 11.6 Å². The smallest absolute Gasteiger partial charge is 0.407 e. The van der Waals surface area contributed by atoms with Gasteiger partial charge in [0.25, 0.3) is 0 Å². The van der Waals surface area contributed by atoms with Crippen LogP contribution in [-0.2, 0) is 11.2 Å². The molecule has 2 rings (SSSR count). The van der Waals surface area contributed by atoms with Crippen LogP contribution in [0, 0.1) is 0 Å². The molecule has 0 aliphatic carbocycles. The third kappa shape index (κ3) is 3.71. The lowest BCUT2D eigenvalue weighted by Crippen LogP contribution is -2.26. The summed E-state index contributed by atoms with van der Waals surface area (Å²) in [7, 11) is 0. The molecule has 7 heteroatoms. The Morgan fingerprint density at radius 3 is 3.00 bits per heavy atom. The first-order valence-electron chi connectivity index (χ1n) is 6.18. The van der Waals surface area contributed by atoms with E-state index in [-0.39, 0.29) is 0 Å². The number of alkyl carbamates (subject to hydrolysis) is 1. The van der Waals surface area contributed by atoms with Crippen molar-refractivity contribution in [1.29, 1.82) is 0 Å². The second-order valence-electron chi connectivity index (χ2n) is 3.89. The van der Waals surface area contributed by atoms with Gasteiger partial charge in [0.05, 0.1) is 11.6 Å². The molecule has 20 heavy (non-hydrogen) atoms. The lowest BCUT2D eigenvalue weighted by Gasteiger charge is -2.02. The Morgan fingerprint density at radius 1 is 1.45 bits per heavy atom. The molecule has 0 saturated carbocycles. The Bertz CT molecular complexity index is 586. The zero-order valence-electron chi connectivity index (χ0n) is 10.9. The second-order valence-corrected chi connectivity index (χ2v) is 4.30. The van der Waals surface area contributed by atoms with Crippen molar-refractivity contribution >= 4 is 17.7 Å². The lowest BCUT2D eigenvalue weighted by molar-refractivity contribution is 0.152. The predicted octanol–water partition coefficient (Wildman–Crippen LogP) is 2.68. The standard InChI is InChI=1S/C13H14ClN3O3/c1-2-19-13(18)15-8-7-11-16-12(17-20-11)9-5-3-4-6-10(9)14/h3-6H,2,7-8H2,1H3,(H,15,18). The predicted molar refractivity (Wildman–Crippen MR) is 73.5 cm³/mol. The molecule has 1 heterocycles. The molecule has 0 radical (unpaired) electrons. The summed E-state index contributed by atoms with van der Waals surface area (Å²) in [6.45, 7) is 2.44. The molecule has 0 bridgehead atoms. The van der Waals surface area contributed by atoms with E-state index in [0.717, 1.165) is 0 Å². The fraction of sp³-hybridized carbons (Fsp3) is 0.308. The van der Waals surface area contributed by atoms with Crippen LogP contribution < -0.4 is 5.32 Å². The van der Waals surface area contributed by atoms with Gasteiger partial charge in [-0.05, 0) is 19.1 Å². The maximum Gasteiger partial charge on any atom is 0.407 e. The molecule has 0 aliphatic heterocycles. The van der Waals surface area contributed by atoms with Crippen LogP contribution in [0.4, 0.5) is 4.79 Å². The van der Waals surface area contributed by atoms with E-state index in [0.29, 0.717) is 41.9 Å². The zero-order chi connectivity index (χ0) is 14.4. The van der Waals surface area contributed by atoms with Crippen LogP contribution in [0.25, 0.3) is 11.4 Å². The van der Waals surface area contributed by atoms with Crippen molar-refractivity contribution in [3.63, 3.8) is 0 Å². The van der Waals surface area contributed by atoms with E-state index in [9.17, 15) is 4.79 Å². The molecule has 1 N–H and O–H groups in total. The summed E-state index contributed by atoms with van der Waals surface area (Å²) >= 11 is 6.05. The molecule has 1 aromatic carbocycles. The molecule has 106 valence electrons. The average Bonchev–Trinajstić information content (AvgIpc) is 2.88. The Morgan fingerprint density at radius 2 is 2.25 bits per heavy atom. The minimum atomic E-state index is -0.460. The topological polar surface area (TPSA) is 77.2 Å². The highest BCUT2D eigenvalue weighted by Crippen LogP contribution is 2.24. The van der Waals surface area contributed by atoms with Crippen molar-refractivity contribution in [2.24, 2.45) is 0 Å². The highest BCUT2D eigenvalue weighted by molar-refractivity contribution is 6.33. The summed E-state index contributed by atoms with van der Waals surface area (Å²) < 4.78 is 9.84. The molecule has 1 amide bonds. The first-order valence-corrected chi connectivity index (χ1v) is 6.56. The molecule has 6 nitrogen and oxygen atoms in total. The van der Waals surface area contributed by atoms with Gasteiger partial charge in [-0.15, -0.1) is 0 Å². The number of amides is 1. The number of hydrogen-bond donors (Lipinski definition) is 1. The van der Waals surface area contributed by atoms with Crippen molar-refractivity contribution in [2.45, 2.75) is 13.3 Å². The van der Waals surface area contributed by atoms with Gasteiger partial charge in [-0.25, -0.2) is 4.79 Å². The number of aromatic nitrogens is 2. The number of ether oxygens (including phenoxy) is 1. The van der Waals surface area contributed by atoms with Crippen molar-refractivity contribution in [3.8, 4) is 11.4 Å². The summed E-state index contributed by atoms with van der Waals surface area (Å²) in [5.74, 6) is 0.860. The van der Waals surface area contributed by atoms with E-state index in [1.807, 2.05) is 18.2 Å². The Hall–Kier alpha value is -2.08. The van der Waals surface area contributed by atoms with Crippen molar-refractivity contribution in [3.05, 3.63) is 35.2 Å². The van der Waals surface area contributed by atoms with Gasteiger partial charge in [0.1, 0.15) is 0 Å². The van der Waals surface area contributed by atoms with Crippen molar-refractivity contribution in [2.75, 3.05) is 13.2 Å². The summed E-state index contributed by atoms with van der Waals surface area (Å²) in [6.07, 6.45) is -0.0330. The van der Waals surface area contributed by atoms with E-state index in [1.54, 1.807) is 13.0 Å². The summed E-state index contributed by atoms with van der Waals surface area (Å²) in [5.41, 5.74) is 0.711. The molecule has 0 atom stereocenters. The van der Waals surface area contributed by atoms with E-state index >= 15 is 0 Å². The number of carbonyl (C=O) groups excluding carboxylic acids is 1. The van der Waals surface area contributed by atoms with E-state index < -0.39 is 6.09 Å². The molecule has 0 spiro atoms. The van der Waals surface area contributed by atoms with Crippen molar-refractivity contribution < 1.29 is 14.1 Å². The van der Waals surface area contributed by atoms with Gasteiger partial charge in [-0.2, -0.15) is 4.98 Å². The van der Waals surface area contributed by atoms with Crippen LogP contribution in [0.2, 0.25) is 5.02 Å². The van der Waals surface area contributed by atoms with E-state index in [2.05, 4.69) is 15.5 Å². The van der Waals surface area contributed by atoms with Crippen LogP contribution in [0.5, 0.6) is 0 Å². The number of nitrogens with zero attached hydrogens (tertiary/aromatic N) is 2. The van der Waals surface area contributed by atoms with Crippen LogP contribution in [0.3, 0.4) is 0 Å². The molecular formula is C13H14ClN3O3. The number of hydrogen-bond acceptors (Lipinski definition) is 5. The van der Waals surface area contributed by atoms with Gasteiger partial charge in [0.2, 0.25) is 11.7 Å². The summed E-state index contributed by atoms with van der Waals surface area (Å²) in [6, 6.07) is 7.25. The van der Waals surface area contributed by atoms with Crippen LogP contribution in [0.1, 0.15) is 12.8 Å².